The predicted molar refractivity (Wildman–Crippen MR) is 124 cm³/mol. The third kappa shape index (κ3) is 10.1. The molecule has 0 spiro atoms. The van der Waals surface area contributed by atoms with Crippen LogP contribution < -0.4 is 10.0 Å². The van der Waals surface area contributed by atoms with Crippen molar-refractivity contribution in [3.05, 3.63) is 53.5 Å². The standard InChI is InChI=1S/C20H30N4O5S2/c1-24(2)13-17-8-9-18(29-17)14-30-11-10-21-20(23-31(3,27)28)22-12-19(26)15-4-6-16(25)7-5-15/h4-9,19,25-26H,10-14H2,1-3H3,(H2,21,22,23). The molecule has 2 rings (SSSR count). The number of thioether (sulfide) groups is 1. The lowest BCUT2D eigenvalue weighted by molar-refractivity contribution is 0.187. The number of rotatable bonds is 11. The van der Waals surface area contributed by atoms with Gasteiger partial charge in [-0.15, -0.1) is 0 Å². The van der Waals surface area contributed by atoms with Crippen LogP contribution in [0.5, 0.6) is 5.75 Å². The van der Waals surface area contributed by atoms with Crippen LogP contribution in [0.3, 0.4) is 0 Å². The molecular weight excluding hydrogens is 440 g/mol. The monoisotopic (exact) mass is 470 g/mol. The van der Waals surface area contributed by atoms with Gasteiger partial charge in [0.1, 0.15) is 17.3 Å². The molecule has 0 saturated heterocycles. The maximum absolute atomic E-state index is 11.6. The normalized spacial score (nSPS) is 13.4. The minimum atomic E-state index is -3.52. The Labute approximate surface area is 187 Å². The zero-order chi connectivity index (χ0) is 22.9. The number of nitrogens with one attached hydrogen (secondary N) is 2. The number of phenolic OH excluding ortho intramolecular Hbond substituents is 1. The van der Waals surface area contributed by atoms with Crippen molar-refractivity contribution in [1.29, 1.82) is 0 Å². The Morgan fingerprint density at radius 1 is 1.19 bits per heavy atom. The van der Waals surface area contributed by atoms with Gasteiger partial charge in [0.05, 0.1) is 31.2 Å². The average Bonchev–Trinajstić information content (AvgIpc) is 3.11. The third-order valence-electron chi connectivity index (χ3n) is 3.95. The second kappa shape index (κ2) is 12.0. The molecule has 172 valence electrons. The summed E-state index contributed by atoms with van der Waals surface area (Å²) in [4.78, 5) is 6.20. The van der Waals surface area contributed by atoms with Gasteiger partial charge in [0, 0.05) is 12.3 Å². The zero-order valence-corrected chi connectivity index (χ0v) is 19.5. The number of benzene rings is 1. The summed E-state index contributed by atoms with van der Waals surface area (Å²) in [7, 11) is 0.446. The second-order valence-corrected chi connectivity index (χ2v) is 10.1. The van der Waals surface area contributed by atoms with Gasteiger partial charge in [-0.25, -0.2) is 13.4 Å². The summed E-state index contributed by atoms with van der Waals surface area (Å²) in [5, 5.41) is 22.5. The van der Waals surface area contributed by atoms with E-state index < -0.39 is 16.1 Å². The van der Waals surface area contributed by atoms with Crippen molar-refractivity contribution in [2.45, 2.75) is 18.4 Å². The largest absolute Gasteiger partial charge is 0.508 e. The summed E-state index contributed by atoms with van der Waals surface area (Å²) in [5.41, 5.74) is 0.572. The Bertz CT molecular complexity index is 943. The third-order valence-corrected chi connectivity index (χ3v) is 5.50. The number of sulfonamides is 1. The van der Waals surface area contributed by atoms with E-state index in [1.165, 1.54) is 12.1 Å². The fraction of sp³-hybridized carbons (Fsp3) is 0.450. The summed E-state index contributed by atoms with van der Waals surface area (Å²) in [6.07, 6.45) is 0.112. The van der Waals surface area contributed by atoms with Crippen LogP contribution in [0.15, 0.2) is 45.8 Å². The molecule has 0 amide bonds. The van der Waals surface area contributed by atoms with Crippen molar-refractivity contribution < 1.29 is 23.0 Å². The highest BCUT2D eigenvalue weighted by Crippen LogP contribution is 2.17. The number of hydrogen-bond acceptors (Lipinski definition) is 8. The minimum Gasteiger partial charge on any atom is -0.508 e. The Hall–Kier alpha value is -2.21. The number of aliphatic hydroxyl groups excluding tert-OH is 1. The van der Waals surface area contributed by atoms with E-state index in [0.29, 0.717) is 23.6 Å². The van der Waals surface area contributed by atoms with Crippen LogP contribution in [-0.4, -0.2) is 68.7 Å². The SMILES string of the molecule is CN(C)Cc1ccc(CSCCNC(=NCC(O)c2ccc(O)cc2)NS(C)(=O)=O)o1. The molecule has 0 fully saturated rings. The number of aromatic hydroxyl groups is 1. The van der Waals surface area contributed by atoms with Crippen molar-refractivity contribution in [3.63, 3.8) is 0 Å². The van der Waals surface area contributed by atoms with E-state index in [0.717, 1.165) is 24.3 Å². The number of guanidine groups is 1. The van der Waals surface area contributed by atoms with Crippen molar-refractivity contribution in [1.82, 2.24) is 14.9 Å². The van der Waals surface area contributed by atoms with Gasteiger partial charge in [-0.1, -0.05) is 12.1 Å². The second-order valence-electron chi connectivity index (χ2n) is 7.26. The van der Waals surface area contributed by atoms with Gasteiger partial charge in [-0.05, 0) is 43.9 Å². The molecule has 1 aromatic heterocycles. The Balaban J connectivity index is 1.82. The van der Waals surface area contributed by atoms with Crippen LogP contribution >= 0.6 is 11.8 Å². The van der Waals surface area contributed by atoms with Gasteiger partial charge in [0.2, 0.25) is 16.0 Å². The number of nitrogens with zero attached hydrogens (tertiary/aromatic N) is 2. The molecule has 31 heavy (non-hydrogen) atoms. The molecule has 0 aliphatic heterocycles. The van der Waals surface area contributed by atoms with Gasteiger partial charge in [0.15, 0.2) is 0 Å². The molecule has 0 bridgehead atoms. The topological polar surface area (TPSA) is 127 Å². The van der Waals surface area contributed by atoms with Gasteiger partial charge in [-0.3, -0.25) is 4.72 Å². The molecule has 0 aliphatic carbocycles. The van der Waals surface area contributed by atoms with Crippen molar-refractivity contribution >= 4 is 27.7 Å². The van der Waals surface area contributed by atoms with E-state index in [-0.39, 0.29) is 18.3 Å². The average molecular weight is 471 g/mol. The van der Waals surface area contributed by atoms with Crippen LogP contribution in [0.1, 0.15) is 23.2 Å². The fourth-order valence-electron chi connectivity index (χ4n) is 2.59. The molecule has 1 atom stereocenters. The lowest BCUT2D eigenvalue weighted by atomic mass is 10.1. The van der Waals surface area contributed by atoms with Crippen LogP contribution in [0.2, 0.25) is 0 Å². The molecule has 0 radical (unpaired) electrons. The molecule has 2 aromatic rings. The summed E-state index contributed by atoms with van der Waals surface area (Å²) < 4.78 is 31.3. The number of furan rings is 1. The lowest BCUT2D eigenvalue weighted by Gasteiger charge is -2.13. The summed E-state index contributed by atoms with van der Waals surface area (Å²) in [6.45, 7) is 1.19. The van der Waals surface area contributed by atoms with E-state index >= 15 is 0 Å². The Morgan fingerprint density at radius 2 is 1.87 bits per heavy atom. The molecule has 0 saturated carbocycles. The van der Waals surface area contributed by atoms with Gasteiger partial charge >= 0.3 is 0 Å². The molecule has 1 heterocycles. The van der Waals surface area contributed by atoms with E-state index in [4.69, 9.17) is 4.42 Å². The summed E-state index contributed by atoms with van der Waals surface area (Å²) in [6, 6.07) is 10.0. The highest BCUT2D eigenvalue weighted by molar-refractivity contribution is 7.98. The summed E-state index contributed by atoms with van der Waals surface area (Å²) in [5.74, 6) is 3.39. The molecular formula is C20H30N4O5S2. The first-order valence-corrected chi connectivity index (χ1v) is 12.7. The predicted octanol–water partition coefficient (Wildman–Crippen LogP) is 1.51. The fourth-order valence-corrected chi connectivity index (χ4v) is 3.83. The van der Waals surface area contributed by atoms with E-state index in [9.17, 15) is 18.6 Å². The van der Waals surface area contributed by atoms with Crippen LogP contribution in [-0.2, 0) is 22.3 Å². The van der Waals surface area contributed by atoms with Gasteiger partial charge < -0.3 is 24.8 Å². The first-order chi connectivity index (χ1) is 14.6. The number of aliphatic hydroxyl groups is 1. The number of aliphatic imine (C=N–C) groups is 1. The Kier molecular flexibility index (Phi) is 9.69. The van der Waals surface area contributed by atoms with Crippen molar-refractivity contribution in [2.75, 3.05) is 39.2 Å². The van der Waals surface area contributed by atoms with Gasteiger partial charge in [-0.2, -0.15) is 11.8 Å². The Morgan fingerprint density at radius 3 is 2.52 bits per heavy atom. The number of phenols is 1. The molecule has 11 heteroatoms. The molecule has 1 aromatic carbocycles. The van der Waals surface area contributed by atoms with Crippen molar-refractivity contribution in [3.8, 4) is 5.75 Å². The smallest absolute Gasteiger partial charge is 0.232 e. The van der Waals surface area contributed by atoms with E-state index in [1.807, 2.05) is 31.1 Å². The maximum atomic E-state index is 11.6. The van der Waals surface area contributed by atoms with E-state index in [1.54, 1.807) is 23.9 Å². The molecule has 0 aliphatic rings. The quantitative estimate of drug-likeness (QED) is 0.221. The highest BCUT2D eigenvalue weighted by Gasteiger charge is 2.10. The number of hydrogen-bond donors (Lipinski definition) is 4. The van der Waals surface area contributed by atoms with Gasteiger partial charge in [0.25, 0.3) is 0 Å². The zero-order valence-electron chi connectivity index (χ0n) is 17.9. The van der Waals surface area contributed by atoms with Crippen LogP contribution in [0.25, 0.3) is 0 Å². The van der Waals surface area contributed by atoms with E-state index in [2.05, 4.69) is 15.0 Å². The van der Waals surface area contributed by atoms with Crippen molar-refractivity contribution in [2.24, 2.45) is 4.99 Å². The maximum Gasteiger partial charge on any atom is 0.232 e. The van der Waals surface area contributed by atoms with Crippen LogP contribution in [0, 0.1) is 0 Å². The minimum absolute atomic E-state index is 0.0379. The summed E-state index contributed by atoms with van der Waals surface area (Å²) >= 11 is 1.65. The highest BCUT2D eigenvalue weighted by atomic mass is 32.2. The first-order valence-electron chi connectivity index (χ1n) is 9.65. The first kappa shape index (κ1) is 25.1. The molecule has 9 nitrogen and oxygen atoms in total. The lowest BCUT2D eigenvalue weighted by Crippen LogP contribution is -2.41. The molecule has 4 N–H and O–H groups in total. The molecule has 1 unspecified atom stereocenters. The van der Waals surface area contributed by atoms with Crippen LogP contribution in [0.4, 0.5) is 0 Å².